The Kier molecular flexibility index (Phi) is 4.71. The highest BCUT2D eigenvalue weighted by molar-refractivity contribution is 6.02. The molecule has 1 amide bonds. The van der Waals surface area contributed by atoms with Crippen molar-refractivity contribution in [2.45, 2.75) is 6.54 Å². The summed E-state index contributed by atoms with van der Waals surface area (Å²) in [5.74, 6) is -0.220. The minimum absolute atomic E-state index is 0.172. The molecule has 0 aliphatic rings. The van der Waals surface area contributed by atoms with E-state index in [1.807, 2.05) is 12.1 Å². The van der Waals surface area contributed by atoms with Gasteiger partial charge in [-0.15, -0.1) is 10.2 Å². The molecule has 2 N–H and O–H groups in total. The molecule has 0 atom stereocenters. The van der Waals surface area contributed by atoms with Crippen molar-refractivity contribution in [2.24, 2.45) is 0 Å². The number of pyridine rings is 1. The molecule has 0 radical (unpaired) electrons. The van der Waals surface area contributed by atoms with Crippen LogP contribution in [0.1, 0.15) is 16.1 Å². The van der Waals surface area contributed by atoms with Gasteiger partial charge in [-0.3, -0.25) is 9.78 Å². The molecule has 0 spiro atoms. The van der Waals surface area contributed by atoms with E-state index >= 15 is 0 Å². The van der Waals surface area contributed by atoms with Crippen molar-refractivity contribution in [3.8, 4) is 0 Å². The third kappa shape index (κ3) is 4.10. The van der Waals surface area contributed by atoms with Crippen LogP contribution in [0.4, 0.5) is 15.9 Å². The van der Waals surface area contributed by atoms with Crippen molar-refractivity contribution in [1.82, 2.24) is 15.2 Å². The van der Waals surface area contributed by atoms with Gasteiger partial charge in [0.15, 0.2) is 5.69 Å². The Bertz CT molecular complexity index is 807. The van der Waals surface area contributed by atoms with E-state index in [1.165, 1.54) is 24.3 Å². The molecule has 0 aliphatic heterocycles. The third-order valence-corrected chi connectivity index (χ3v) is 3.20. The van der Waals surface area contributed by atoms with Crippen molar-refractivity contribution in [3.63, 3.8) is 0 Å². The molecule has 3 rings (SSSR count). The first-order valence-electron chi connectivity index (χ1n) is 7.24. The molecule has 1 aromatic carbocycles. The highest BCUT2D eigenvalue weighted by Gasteiger charge is 2.08. The number of hydrogen-bond acceptors (Lipinski definition) is 5. The summed E-state index contributed by atoms with van der Waals surface area (Å²) in [5, 5.41) is 13.6. The Balaban J connectivity index is 1.59. The first-order chi connectivity index (χ1) is 11.7. The van der Waals surface area contributed by atoms with Crippen LogP contribution >= 0.6 is 0 Å². The fourth-order valence-corrected chi connectivity index (χ4v) is 1.97. The summed E-state index contributed by atoms with van der Waals surface area (Å²) in [4.78, 5) is 16.1. The van der Waals surface area contributed by atoms with Crippen molar-refractivity contribution < 1.29 is 9.18 Å². The molecule has 7 heteroatoms. The van der Waals surface area contributed by atoms with Gasteiger partial charge in [0.2, 0.25) is 0 Å². The van der Waals surface area contributed by atoms with E-state index in [1.54, 1.807) is 24.5 Å². The molecule has 3 aromatic rings. The van der Waals surface area contributed by atoms with Crippen LogP contribution < -0.4 is 10.6 Å². The fraction of sp³-hybridized carbons (Fsp3) is 0.0588. The number of hydrogen-bond donors (Lipinski definition) is 2. The summed E-state index contributed by atoms with van der Waals surface area (Å²) in [6.45, 7) is 0.559. The Hall–Kier alpha value is -3.35. The number of aromatic nitrogens is 3. The SMILES string of the molecule is O=C(Nc1ccc(F)cc1)c1ccc(NCc2cccnc2)nn1. The van der Waals surface area contributed by atoms with E-state index in [4.69, 9.17) is 0 Å². The van der Waals surface area contributed by atoms with Gasteiger partial charge in [-0.05, 0) is 48.0 Å². The average molecular weight is 323 g/mol. The van der Waals surface area contributed by atoms with Gasteiger partial charge < -0.3 is 10.6 Å². The van der Waals surface area contributed by atoms with E-state index < -0.39 is 5.91 Å². The highest BCUT2D eigenvalue weighted by atomic mass is 19.1. The van der Waals surface area contributed by atoms with Crippen molar-refractivity contribution >= 4 is 17.4 Å². The maximum Gasteiger partial charge on any atom is 0.276 e. The van der Waals surface area contributed by atoms with Crippen molar-refractivity contribution in [1.29, 1.82) is 0 Å². The molecule has 0 fully saturated rings. The van der Waals surface area contributed by atoms with E-state index in [-0.39, 0.29) is 11.5 Å². The maximum absolute atomic E-state index is 12.8. The Morgan fingerprint density at radius 2 is 1.88 bits per heavy atom. The van der Waals surface area contributed by atoms with Crippen LogP contribution in [0.15, 0.2) is 60.9 Å². The number of amides is 1. The second kappa shape index (κ2) is 7.28. The van der Waals surface area contributed by atoms with Crippen molar-refractivity contribution in [3.05, 3.63) is 78.0 Å². The van der Waals surface area contributed by atoms with E-state index in [0.717, 1.165) is 5.56 Å². The molecule has 24 heavy (non-hydrogen) atoms. The predicted molar refractivity (Wildman–Crippen MR) is 87.9 cm³/mol. The van der Waals surface area contributed by atoms with Crippen LogP contribution in [0.5, 0.6) is 0 Å². The number of carbonyl (C=O) groups excluding carboxylic acids is 1. The zero-order chi connectivity index (χ0) is 16.8. The first-order valence-corrected chi connectivity index (χ1v) is 7.24. The number of halogens is 1. The van der Waals surface area contributed by atoms with Crippen LogP contribution in [0, 0.1) is 5.82 Å². The first kappa shape index (κ1) is 15.5. The molecular weight excluding hydrogens is 309 g/mol. The summed E-state index contributed by atoms with van der Waals surface area (Å²) in [6.07, 6.45) is 3.46. The number of anilines is 2. The molecule has 120 valence electrons. The summed E-state index contributed by atoms with van der Waals surface area (Å²) in [5.41, 5.74) is 1.67. The van der Waals surface area contributed by atoms with Crippen LogP contribution in [-0.2, 0) is 6.54 Å². The van der Waals surface area contributed by atoms with Crippen molar-refractivity contribution in [2.75, 3.05) is 10.6 Å². The van der Waals surface area contributed by atoms with E-state index in [2.05, 4.69) is 25.8 Å². The summed E-state index contributed by atoms with van der Waals surface area (Å²) >= 11 is 0. The maximum atomic E-state index is 12.8. The van der Waals surface area contributed by atoms with Gasteiger partial charge in [-0.1, -0.05) is 6.07 Å². The number of carbonyl (C=O) groups is 1. The van der Waals surface area contributed by atoms with E-state index in [9.17, 15) is 9.18 Å². The topological polar surface area (TPSA) is 79.8 Å². The molecule has 0 unspecified atom stereocenters. The zero-order valence-electron chi connectivity index (χ0n) is 12.6. The number of nitrogens with zero attached hydrogens (tertiary/aromatic N) is 3. The smallest absolute Gasteiger partial charge is 0.276 e. The lowest BCUT2D eigenvalue weighted by atomic mass is 10.3. The molecule has 0 aliphatic carbocycles. The third-order valence-electron chi connectivity index (χ3n) is 3.20. The minimum Gasteiger partial charge on any atom is -0.364 e. The van der Waals surface area contributed by atoms with Gasteiger partial charge in [-0.25, -0.2) is 4.39 Å². The molecule has 6 nitrogen and oxygen atoms in total. The lowest BCUT2D eigenvalue weighted by Gasteiger charge is -2.06. The Labute approximate surface area is 137 Å². The Morgan fingerprint density at radius 3 is 2.54 bits per heavy atom. The second-order valence-electron chi connectivity index (χ2n) is 4.98. The average Bonchev–Trinajstić information content (AvgIpc) is 2.63. The van der Waals surface area contributed by atoms with E-state index in [0.29, 0.717) is 18.1 Å². The van der Waals surface area contributed by atoms with Gasteiger partial charge >= 0.3 is 0 Å². The normalized spacial score (nSPS) is 10.2. The monoisotopic (exact) mass is 323 g/mol. The Morgan fingerprint density at radius 1 is 1.04 bits per heavy atom. The van der Waals surface area contributed by atoms with Gasteiger partial charge in [0.05, 0.1) is 0 Å². The van der Waals surface area contributed by atoms with Crippen LogP contribution in [-0.4, -0.2) is 21.1 Å². The molecule has 2 heterocycles. The summed E-state index contributed by atoms with van der Waals surface area (Å²) in [7, 11) is 0. The molecule has 2 aromatic heterocycles. The van der Waals surface area contributed by atoms with Gasteiger partial charge in [-0.2, -0.15) is 0 Å². The quantitative estimate of drug-likeness (QED) is 0.755. The van der Waals surface area contributed by atoms with Crippen LogP contribution in [0.3, 0.4) is 0 Å². The lowest BCUT2D eigenvalue weighted by Crippen LogP contribution is -2.14. The van der Waals surface area contributed by atoms with Gasteiger partial charge in [0.25, 0.3) is 5.91 Å². The molecular formula is C17H14FN5O. The van der Waals surface area contributed by atoms with Crippen LogP contribution in [0.2, 0.25) is 0 Å². The number of rotatable bonds is 5. The highest BCUT2D eigenvalue weighted by Crippen LogP contribution is 2.10. The van der Waals surface area contributed by atoms with Gasteiger partial charge in [0.1, 0.15) is 11.6 Å². The molecule has 0 bridgehead atoms. The largest absolute Gasteiger partial charge is 0.364 e. The predicted octanol–water partition coefficient (Wildman–Crippen LogP) is 2.88. The number of benzene rings is 1. The molecule has 0 saturated carbocycles. The summed E-state index contributed by atoms with van der Waals surface area (Å²) < 4.78 is 12.8. The van der Waals surface area contributed by atoms with Gasteiger partial charge in [0, 0.05) is 24.6 Å². The lowest BCUT2D eigenvalue weighted by molar-refractivity contribution is 0.102. The number of nitrogens with one attached hydrogen (secondary N) is 2. The zero-order valence-corrected chi connectivity index (χ0v) is 12.6. The fourth-order valence-electron chi connectivity index (χ4n) is 1.97. The standard InChI is InChI=1S/C17H14FN5O/c18-13-3-5-14(6-4-13)21-17(24)15-7-8-16(23-22-15)20-11-12-2-1-9-19-10-12/h1-10H,11H2,(H,20,23)(H,21,24). The van der Waals surface area contributed by atoms with Crippen LogP contribution in [0.25, 0.3) is 0 Å². The second-order valence-corrected chi connectivity index (χ2v) is 4.98. The molecule has 0 saturated heterocycles. The summed E-state index contributed by atoms with van der Waals surface area (Å²) in [6, 6.07) is 12.5. The minimum atomic E-state index is -0.409.